The molecule has 5 rings (SSSR count). The predicted molar refractivity (Wildman–Crippen MR) is 160 cm³/mol. The topological polar surface area (TPSA) is 120 Å². The summed E-state index contributed by atoms with van der Waals surface area (Å²) < 4.78 is 19.7. The van der Waals surface area contributed by atoms with Gasteiger partial charge in [0.1, 0.15) is 11.4 Å². The van der Waals surface area contributed by atoms with Gasteiger partial charge in [-0.2, -0.15) is 0 Å². The number of nitrogens with zero attached hydrogens (tertiary/aromatic N) is 4. The fourth-order valence-electron chi connectivity index (χ4n) is 4.93. The Balaban J connectivity index is 1.35. The average molecular weight is 597 g/mol. The Morgan fingerprint density at radius 3 is 2.31 bits per heavy atom. The third-order valence-electron chi connectivity index (χ3n) is 7.28. The van der Waals surface area contributed by atoms with E-state index in [-0.39, 0.29) is 33.2 Å². The molecule has 2 fully saturated rings. The number of benzene rings is 3. The van der Waals surface area contributed by atoms with Gasteiger partial charge in [-0.05, 0) is 55.6 Å². The van der Waals surface area contributed by atoms with Crippen molar-refractivity contribution >= 4 is 51.9 Å². The summed E-state index contributed by atoms with van der Waals surface area (Å²) in [4.78, 5) is 43.7. The van der Waals surface area contributed by atoms with Crippen molar-refractivity contribution in [1.29, 1.82) is 0 Å². The van der Waals surface area contributed by atoms with E-state index in [9.17, 15) is 24.1 Å². The molecular formula is C29H30ClFN6O5. The van der Waals surface area contributed by atoms with E-state index in [0.29, 0.717) is 37.7 Å². The second-order valence-electron chi connectivity index (χ2n) is 10.1. The van der Waals surface area contributed by atoms with E-state index < -0.39 is 22.6 Å². The van der Waals surface area contributed by atoms with Gasteiger partial charge in [0, 0.05) is 68.0 Å². The molecule has 3 aromatic rings. The summed E-state index contributed by atoms with van der Waals surface area (Å²) in [5.74, 6) is -1.79. The molecule has 2 aliphatic heterocycles. The van der Waals surface area contributed by atoms with Crippen LogP contribution in [0.1, 0.15) is 20.7 Å². The number of anilines is 4. The van der Waals surface area contributed by atoms with Crippen LogP contribution in [0.15, 0.2) is 54.6 Å². The van der Waals surface area contributed by atoms with Crippen molar-refractivity contribution in [3.05, 3.63) is 86.7 Å². The zero-order chi connectivity index (χ0) is 29.8. The number of hydrogen-bond acceptors (Lipinski definition) is 8. The Morgan fingerprint density at radius 2 is 1.60 bits per heavy atom. The molecule has 0 atom stereocenters. The molecule has 3 aromatic carbocycles. The van der Waals surface area contributed by atoms with Gasteiger partial charge in [-0.1, -0.05) is 11.6 Å². The first-order valence-corrected chi connectivity index (χ1v) is 13.8. The van der Waals surface area contributed by atoms with E-state index >= 15 is 0 Å². The maximum Gasteiger partial charge on any atom is 0.282 e. The van der Waals surface area contributed by atoms with Crippen molar-refractivity contribution in [2.45, 2.75) is 0 Å². The van der Waals surface area contributed by atoms with E-state index in [1.165, 1.54) is 42.5 Å². The summed E-state index contributed by atoms with van der Waals surface area (Å²) in [6.45, 7) is 5.36. The van der Waals surface area contributed by atoms with Gasteiger partial charge in [0.15, 0.2) is 0 Å². The number of nitro groups is 1. The first-order chi connectivity index (χ1) is 20.2. The van der Waals surface area contributed by atoms with Gasteiger partial charge in [0.25, 0.3) is 17.5 Å². The smallest absolute Gasteiger partial charge is 0.282 e. The van der Waals surface area contributed by atoms with Crippen molar-refractivity contribution in [2.75, 3.05) is 80.0 Å². The zero-order valence-electron chi connectivity index (χ0n) is 22.9. The fraction of sp³-hybridized carbons (Fsp3) is 0.310. The maximum absolute atomic E-state index is 14.4. The number of amides is 2. The molecule has 2 aliphatic rings. The molecule has 2 saturated heterocycles. The Labute approximate surface area is 246 Å². The molecule has 0 aromatic heterocycles. The number of carbonyl (C=O) groups is 2. The average Bonchev–Trinajstić information content (AvgIpc) is 2.98. The van der Waals surface area contributed by atoms with E-state index in [0.717, 1.165) is 26.2 Å². The highest BCUT2D eigenvalue weighted by Crippen LogP contribution is 2.30. The van der Waals surface area contributed by atoms with Crippen LogP contribution in [0.4, 0.5) is 32.8 Å². The molecule has 2 N–H and O–H groups in total. The van der Waals surface area contributed by atoms with Crippen LogP contribution in [0.3, 0.4) is 0 Å². The number of hydrogen-bond donors (Lipinski definition) is 2. The molecule has 0 bridgehead atoms. The number of likely N-dealkylation sites (N-methyl/N-ethyl adjacent to an activating group) is 1. The summed E-state index contributed by atoms with van der Waals surface area (Å²) >= 11 is 6.33. The Morgan fingerprint density at radius 1 is 0.881 bits per heavy atom. The zero-order valence-corrected chi connectivity index (χ0v) is 23.7. The number of morpholine rings is 1. The summed E-state index contributed by atoms with van der Waals surface area (Å²) in [5, 5.41) is 17.2. The van der Waals surface area contributed by atoms with Gasteiger partial charge < -0.3 is 30.1 Å². The first-order valence-electron chi connectivity index (χ1n) is 13.5. The molecule has 2 amide bonds. The van der Waals surface area contributed by atoms with Gasteiger partial charge in [0.05, 0.1) is 28.8 Å². The highest BCUT2D eigenvalue weighted by molar-refractivity contribution is 6.34. The number of ether oxygens (including phenoxy) is 1. The van der Waals surface area contributed by atoms with E-state index in [1.807, 2.05) is 11.9 Å². The molecule has 13 heteroatoms. The lowest BCUT2D eigenvalue weighted by molar-refractivity contribution is -0.385. The molecule has 2 heterocycles. The van der Waals surface area contributed by atoms with Gasteiger partial charge >= 0.3 is 0 Å². The SMILES string of the molecule is CN1CCN(c2ccc([N+](=O)[O-])c(C(=O)Nc3cc(C(=O)Nc4cc(F)cc(N5CCOCC5)c4)ccc3Cl)c2)CC1. The molecule has 220 valence electrons. The number of rotatable bonds is 7. The first kappa shape index (κ1) is 29.2. The molecule has 11 nitrogen and oxygen atoms in total. The van der Waals surface area contributed by atoms with Gasteiger partial charge in [0.2, 0.25) is 0 Å². The van der Waals surface area contributed by atoms with Crippen LogP contribution in [0.5, 0.6) is 0 Å². The summed E-state index contributed by atoms with van der Waals surface area (Å²) in [5.41, 5.74) is 1.35. The largest absolute Gasteiger partial charge is 0.378 e. The Hall–Kier alpha value is -4.26. The minimum atomic E-state index is -0.739. The Bertz CT molecular complexity index is 1510. The number of halogens is 2. The number of carbonyl (C=O) groups excluding carboxylic acids is 2. The highest BCUT2D eigenvalue weighted by atomic mass is 35.5. The third kappa shape index (κ3) is 6.78. The molecule has 42 heavy (non-hydrogen) atoms. The number of nitrogens with one attached hydrogen (secondary N) is 2. The van der Waals surface area contributed by atoms with Crippen molar-refractivity contribution in [3.8, 4) is 0 Å². The molecular weight excluding hydrogens is 567 g/mol. The molecule has 0 unspecified atom stereocenters. The monoisotopic (exact) mass is 596 g/mol. The van der Waals surface area contributed by atoms with Crippen molar-refractivity contribution in [2.24, 2.45) is 0 Å². The second kappa shape index (κ2) is 12.7. The Kier molecular flexibility index (Phi) is 8.86. The number of nitro benzene ring substituents is 1. The van der Waals surface area contributed by atoms with Gasteiger partial charge in [-0.3, -0.25) is 19.7 Å². The van der Waals surface area contributed by atoms with Crippen LogP contribution < -0.4 is 20.4 Å². The van der Waals surface area contributed by atoms with Crippen LogP contribution in [0, 0.1) is 15.9 Å². The lowest BCUT2D eigenvalue weighted by Crippen LogP contribution is -2.44. The van der Waals surface area contributed by atoms with Crippen LogP contribution in [-0.4, -0.2) is 81.2 Å². The van der Waals surface area contributed by atoms with Crippen molar-refractivity contribution in [1.82, 2.24) is 4.90 Å². The normalized spacial score (nSPS) is 15.8. The minimum Gasteiger partial charge on any atom is -0.378 e. The quantitative estimate of drug-likeness (QED) is 0.303. The second-order valence-corrected chi connectivity index (χ2v) is 10.6. The van der Waals surface area contributed by atoms with Crippen molar-refractivity contribution in [3.63, 3.8) is 0 Å². The molecule has 0 aliphatic carbocycles. The lowest BCUT2D eigenvalue weighted by Gasteiger charge is -2.34. The third-order valence-corrected chi connectivity index (χ3v) is 7.61. The van der Waals surface area contributed by atoms with E-state index in [1.54, 1.807) is 12.1 Å². The molecule has 0 saturated carbocycles. The highest BCUT2D eigenvalue weighted by Gasteiger charge is 2.24. The summed E-state index contributed by atoms with van der Waals surface area (Å²) in [6.07, 6.45) is 0. The fourth-order valence-corrected chi connectivity index (χ4v) is 5.10. The lowest BCUT2D eigenvalue weighted by atomic mass is 10.1. The van der Waals surface area contributed by atoms with Crippen LogP contribution >= 0.6 is 11.6 Å². The minimum absolute atomic E-state index is 0.0989. The summed E-state index contributed by atoms with van der Waals surface area (Å²) in [7, 11) is 2.02. The predicted octanol–water partition coefficient (Wildman–Crippen LogP) is 4.48. The molecule has 0 spiro atoms. The van der Waals surface area contributed by atoms with E-state index in [4.69, 9.17) is 16.3 Å². The van der Waals surface area contributed by atoms with Crippen LogP contribution in [-0.2, 0) is 4.74 Å². The van der Waals surface area contributed by atoms with Crippen LogP contribution in [0.2, 0.25) is 5.02 Å². The van der Waals surface area contributed by atoms with Gasteiger partial charge in [-0.15, -0.1) is 0 Å². The number of piperazine rings is 1. The van der Waals surface area contributed by atoms with Crippen molar-refractivity contribution < 1.29 is 23.6 Å². The van der Waals surface area contributed by atoms with Crippen LogP contribution in [0.25, 0.3) is 0 Å². The maximum atomic E-state index is 14.4. The van der Waals surface area contributed by atoms with Gasteiger partial charge in [-0.25, -0.2) is 4.39 Å². The van der Waals surface area contributed by atoms with E-state index in [2.05, 4.69) is 20.4 Å². The molecule has 0 radical (unpaired) electrons. The summed E-state index contributed by atoms with van der Waals surface area (Å²) in [6, 6.07) is 13.0. The standard InChI is InChI=1S/C29H30ClFN6O5/c1-34-6-8-35(9-7-34)22-3-5-27(37(40)41)24(18-22)29(39)33-26-14-19(2-4-25(26)30)28(38)32-21-15-20(31)16-23(17-21)36-10-12-42-13-11-36/h2-5,14-18H,6-13H2,1H3,(H,32,38)(H,33,39).